The molecule has 0 radical (unpaired) electrons. The number of aryl methyl sites for hydroxylation is 2. The van der Waals surface area contributed by atoms with Crippen molar-refractivity contribution in [2.75, 3.05) is 13.3 Å². The van der Waals surface area contributed by atoms with Gasteiger partial charge in [-0.15, -0.1) is 0 Å². The van der Waals surface area contributed by atoms with Gasteiger partial charge in [0, 0.05) is 13.0 Å². The van der Waals surface area contributed by atoms with E-state index in [4.69, 9.17) is 5.11 Å². The fourth-order valence-corrected chi connectivity index (χ4v) is 1.33. The maximum Gasteiger partial charge on any atom is 0.0934 e. The predicted molar refractivity (Wildman–Crippen MR) is 51.5 cm³/mol. The molecule has 1 aromatic carbocycles. The zero-order chi connectivity index (χ0) is 9.52. The Kier molecular flexibility index (Phi) is 4.47. The van der Waals surface area contributed by atoms with Crippen molar-refractivity contribution in [3.8, 4) is 0 Å². The first-order chi connectivity index (χ1) is 6.36. The molecule has 0 bridgehead atoms. The molecule has 0 aliphatic heterocycles. The van der Waals surface area contributed by atoms with E-state index in [9.17, 15) is 4.39 Å². The molecule has 1 aromatic rings. The molecule has 0 saturated carbocycles. The van der Waals surface area contributed by atoms with Crippen molar-refractivity contribution in [2.45, 2.75) is 19.3 Å². The van der Waals surface area contributed by atoms with E-state index in [1.54, 1.807) is 0 Å². The number of aliphatic hydroxyl groups is 1. The molecule has 0 amide bonds. The molecule has 0 saturated heterocycles. The second kappa shape index (κ2) is 5.70. The lowest BCUT2D eigenvalue weighted by molar-refractivity contribution is 0.288. The second-order valence-electron chi connectivity index (χ2n) is 3.09. The third-order valence-electron chi connectivity index (χ3n) is 2.00. The van der Waals surface area contributed by atoms with Gasteiger partial charge in [-0.2, -0.15) is 0 Å². The van der Waals surface area contributed by atoms with Crippen LogP contribution in [0.3, 0.4) is 0 Å². The van der Waals surface area contributed by atoms with Crippen LogP contribution >= 0.6 is 0 Å². The van der Waals surface area contributed by atoms with Crippen LogP contribution in [0.4, 0.5) is 4.39 Å². The predicted octanol–water partition coefficient (Wildman–Crippen LogP) is 2.12. The Morgan fingerprint density at radius 2 is 1.85 bits per heavy atom. The largest absolute Gasteiger partial charge is 0.396 e. The lowest BCUT2D eigenvalue weighted by atomic mass is 10.1. The van der Waals surface area contributed by atoms with Crippen LogP contribution in [0, 0.1) is 0 Å². The zero-order valence-corrected chi connectivity index (χ0v) is 7.67. The van der Waals surface area contributed by atoms with Crippen molar-refractivity contribution >= 4 is 0 Å². The molecule has 72 valence electrons. The summed E-state index contributed by atoms with van der Waals surface area (Å²) < 4.78 is 12.0. The molecule has 0 unspecified atom stereocenters. The molecule has 0 aliphatic rings. The van der Waals surface area contributed by atoms with Gasteiger partial charge in [0.05, 0.1) is 6.67 Å². The Morgan fingerprint density at radius 3 is 2.46 bits per heavy atom. The Balaban J connectivity index is 2.56. The first-order valence-corrected chi connectivity index (χ1v) is 4.61. The van der Waals surface area contributed by atoms with Crippen LogP contribution in [-0.2, 0) is 12.8 Å². The summed E-state index contributed by atoms with van der Waals surface area (Å²) in [6.07, 6.45) is 2.14. The molecule has 0 atom stereocenters. The maximum absolute atomic E-state index is 12.0. The summed E-state index contributed by atoms with van der Waals surface area (Å²) in [6.45, 7) is -0.0865. The van der Waals surface area contributed by atoms with Gasteiger partial charge in [-0.3, -0.25) is 4.39 Å². The molecule has 0 aromatic heterocycles. The van der Waals surface area contributed by atoms with Gasteiger partial charge < -0.3 is 5.11 Å². The van der Waals surface area contributed by atoms with Crippen molar-refractivity contribution in [3.05, 3.63) is 35.4 Å². The fourth-order valence-electron chi connectivity index (χ4n) is 1.33. The number of benzene rings is 1. The molecule has 0 fully saturated rings. The molecule has 0 aliphatic carbocycles. The van der Waals surface area contributed by atoms with E-state index < -0.39 is 0 Å². The molecular formula is C11H15FO. The summed E-state index contributed by atoms with van der Waals surface area (Å²) in [5.41, 5.74) is 2.22. The molecule has 1 rings (SSSR count). The van der Waals surface area contributed by atoms with Gasteiger partial charge in [0.2, 0.25) is 0 Å². The minimum absolute atomic E-state index is 0.216. The molecular weight excluding hydrogens is 167 g/mol. The summed E-state index contributed by atoms with van der Waals surface area (Å²) in [5, 5.41) is 8.64. The van der Waals surface area contributed by atoms with Crippen LogP contribution in [0.1, 0.15) is 17.5 Å². The van der Waals surface area contributed by atoms with E-state index in [0.717, 1.165) is 18.4 Å². The smallest absolute Gasteiger partial charge is 0.0934 e. The number of hydrogen-bond donors (Lipinski definition) is 1. The van der Waals surface area contributed by atoms with E-state index in [2.05, 4.69) is 0 Å². The third kappa shape index (κ3) is 3.55. The van der Waals surface area contributed by atoms with Gasteiger partial charge in [-0.25, -0.2) is 0 Å². The monoisotopic (exact) mass is 182 g/mol. The second-order valence-corrected chi connectivity index (χ2v) is 3.09. The van der Waals surface area contributed by atoms with Crippen molar-refractivity contribution in [3.63, 3.8) is 0 Å². The highest BCUT2D eigenvalue weighted by Crippen LogP contribution is 2.08. The van der Waals surface area contributed by atoms with E-state index in [1.807, 2.05) is 24.3 Å². The standard InChI is InChI=1S/C11H15FO/c12-7-6-11-4-1-3-10(9-11)5-2-8-13/h1,3-4,9,13H,2,5-8H2. The SMILES string of the molecule is OCCCc1cccc(CCF)c1. The van der Waals surface area contributed by atoms with Gasteiger partial charge in [0.15, 0.2) is 0 Å². The number of aliphatic hydroxyl groups excluding tert-OH is 1. The minimum Gasteiger partial charge on any atom is -0.396 e. The lowest BCUT2D eigenvalue weighted by Crippen LogP contribution is -1.92. The average molecular weight is 182 g/mol. The topological polar surface area (TPSA) is 20.2 Å². The Hall–Kier alpha value is -0.890. The Bertz CT molecular complexity index is 248. The van der Waals surface area contributed by atoms with Gasteiger partial charge in [-0.1, -0.05) is 24.3 Å². The summed E-state index contributed by atoms with van der Waals surface area (Å²) in [4.78, 5) is 0. The number of rotatable bonds is 5. The van der Waals surface area contributed by atoms with Crippen LogP contribution < -0.4 is 0 Å². The van der Waals surface area contributed by atoms with Crippen LogP contribution in [-0.4, -0.2) is 18.4 Å². The summed E-state index contributed by atoms with van der Waals surface area (Å²) >= 11 is 0. The number of halogens is 1. The highest BCUT2D eigenvalue weighted by molar-refractivity contribution is 5.23. The Labute approximate surface area is 78.2 Å². The van der Waals surface area contributed by atoms with E-state index in [1.165, 1.54) is 5.56 Å². The molecule has 2 heteroatoms. The van der Waals surface area contributed by atoms with Crippen LogP contribution in [0.5, 0.6) is 0 Å². The number of alkyl halides is 1. The van der Waals surface area contributed by atoms with Gasteiger partial charge in [0.25, 0.3) is 0 Å². The molecule has 0 spiro atoms. The Morgan fingerprint density at radius 1 is 1.15 bits per heavy atom. The quantitative estimate of drug-likeness (QED) is 0.739. The normalized spacial score (nSPS) is 10.3. The first kappa shape index (κ1) is 10.2. The van der Waals surface area contributed by atoms with Crippen LogP contribution in [0.2, 0.25) is 0 Å². The van der Waals surface area contributed by atoms with Crippen molar-refractivity contribution in [1.82, 2.24) is 0 Å². The molecule has 1 nitrogen and oxygen atoms in total. The average Bonchev–Trinajstić information content (AvgIpc) is 2.16. The van der Waals surface area contributed by atoms with Gasteiger partial charge in [-0.05, 0) is 24.0 Å². The van der Waals surface area contributed by atoms with E-state index >= 15 is 0 Å². The van der Waals surface area contributed by atoms with Crippen molar-refractivity contribution in [1.29, 1.82) is 0 Å². The minimum atomic E-state index is -0.302. The zero-order valence-electron chi connectivity index (χ0n) is 7.67. The number of hydrogen-bond acceptors (Lipinski definition) is 1. The molecule has 1 N–H and O–H groups in total. The van der Waals surface area contributed by atoms with Crippen LogP contribution in [0.15, 0.2) is 24.3 Å². The molecule has 0 heterocycles. The highest BCUT2D eigenvalue weighted by atomic mass is 19.1. The van der Waals surface area contributed by atoms with Crippen molar-refractivity contribution in [2.24, 2.45) is 0 Å². The van der Waals surface area contributed by atoms with E-state index in [0.29, 0.717) is 6.42 Å². The van der Waals surface area contributed by atoms with E-state index in [-0.39, 0.29) is 13.3 Å². The third-order valence-corrected chi connectivity index (χ3v) is 2.00. The first-order valence-electron chi connectivity index (χ1n) is 4.61. The van der Waals surface area contributed by atoms with Crippen molar-refractivity contribution < 1.29 is 9.50 Å². The highest BCUT2D eigenvalue weighted by Gasteiger charge is 1.95. The van der Waals surface area contributed by atoms with Gasteiger partial charge >= 0.3 is 0 Å². The van der Waals surface area contributed by atoms with Crippen LogP contribution in [0.25, 0.3) is 0 Å². The summed E-state index contributed by atoms with van der Waals surface area (Å²) in [7, 11) is 0. The maximum atomic E-state index is 12.0. The molecule has 13 heavy (non-hydrogen) atoms. The lowest BCUT2D eigenvalue weighted by Gasteiger charge is -2.02. The fraction of sp³-hybridized carbons (Fsp3) is 0.455. The summed E-state index contributed by atoms with van der Waals surface area (Å²) in [6, 6.07) is 7.90. The van der Waals surface area contributed by atoms with Gasteiger partial charge in [0.1, 0.15) is 0 Å². The summed E-state index contributed by atoms with van der Waals surface area (Å²) in [5.74, 6) is 0.